The van der Waals surface area contributed by atoms with Gasteiger partial charge < -0.3 is 5.73 Å². The van der Waals surface area contributed by atoms with Crippen LogP contribution in [0.15, 0.2) is 45.2 Å². The van der Waals surface area contributed by atoms with Gasteiger partial charge in [0, 0.05) is 0 Å². The molecule has 0 atom stereocenters. The van der Waals surface area contributed by atoms with E-state index in [-0.39, 0.29) is 11.6 Å². The first-order chi connectivity index (χ1) is 6.86. The molecule has 1 heterocycles. The van der Waals surface area contributed by atoms with Gasteiger partial charge in [-0.05, 0) is 22.4 Å². The van der Waals surface area contributed by atoms with E-state index in [4.69, 9.17) is 5.73 Å². The van der Waals surface area contributed by atoms with E-state index in [9.17, 15) is 0 Å². The molecule has 0 saturated carbocycles. The Hall–Kier alpha value is -2.24. The van der Waals surface area contributed by atoms with Crippen molar-refractivity contribution in [2.24, 2.45) is 10.2 Å². The molecule has 0 aliphatic carbocycles. The molecule has 6 heteroatoms. The molecule has 0 amide bonds. The Morgan fingerprint density at radius 1 is 1.07 bits per heavy atom. The first-order valence-electron chi connectivity index (χ1n) is 3.91. The molecule has 14 heavy (non-hydrogen) atoms. The second-order valence-corrected chi connectivity index (χ2v) is 2.51. The highest BCUT2D eigenvalue weighted by molar-refractivity contribution is 5.49. The van der Waals surface area contributed by atoms with Crippen LogP contribution in [0.25, 0.3) is 0 Å². The maximum absolute atomic E-state index is 5.38. The van der Waals surface area contributed by atoms with E-state index in [1.807, 2.05) is 30.3 Å². The van der Waals surface area contributed by atoms with Crippen LogP contribution < -0.4 is 5.73 Å². The number of benzene rings is 1. The van der Waals surface area contributed by atoms with Crippen molar-refractivity contribution in [3.05, 3.63) is 30.3 Å². The van der Waals surface area contributed by atoms with Gasteiger partial charge in [-0.1, -0.05) is 18.2 Å². The third-order valence-corrected chi connectivity index (χ3v) is 1.51. The van der Waals surface area contributed by atoms with E-state index in [2.05, 4.69) is 25.2 Å². The van der Waals surface area contributed by atoms with Crippen LogP contribution in [0, 0.1) is 0 Å². The fraction of sp³-hybridized carbons (Fsp3) is 0. The van der Waals surface area contributed by atoms with Crippen LogP contribution in [0.5, 0.6) is 0 Å². The van der Waals surface area contributed by atoms with Crippen LogP contribution in [0.1, 0.15) is 0 Å². The van der Waals surface area contributed by atoms with E-state index < -0.39 is 0 Å². The van der Waals surface area contributed by atoms with E-state index in [0.29, 0.717) is 0 Å². The molecule has 2 N–H and O–H groups in total. The van der Waals surface area contributed by atoms with Gasteiger partial charge in [0.05, 0.1) is 5.69 Å². The zero-order valence-corrected chi connectivity index (χ0v) is 7.16. The van der Waals surface area contributed by atoms with Crippen LogP contribution in [-0.4, -0.2) is 10.3 Å². The summed E-state index contributed by atoms with van der Waals surface area (Å²) >= 11 is 0. The second kappa shape index (κ2) is 3.65. The summed E-state index contributed by atoms with van der Waals surface area (Å²) in [5, 5.41) is 14.5. The summed E-state index contributed by atoms with van der Waals surface area (Å²) in [4.78, 5) is 0. The number of azo groups is 1. The number of nitrogens with zero attached hydrogens (tertiary/aromatic N) is 4. The minimum atomic E-state index is 0.129. The summed E-state index contributed by atoms with van der Waals surface area (Å²) in [5.74, 6) is 0.318. The first kappa shape index (κ1) is 8.36. The lowest BCUT2D eigenvalue weighted by molar-refractivity contribution is 0.310. The average molecular weight is 189 g/mol. The van der Waals surface area contributed by atoms with Crippen LogP contribution in [-0.2, 0) is 0 Å². The molecule has 0 saturated heterocycles. The average Bonchev–Trinajstić information content (AvgIpc) is 2.63. The fourth-order valence-corrected chi connectivity index (χ4v) is 0.860. The normalized spacial score (nSPS) is 10.9. The number of nitrogens with two attached hydrogens (primary N) is 1. The zero-order valence-electron chi connectivity index (χ0n) is 7.16. The highest BCUT2D eigenvalue weighted by Gasteiger charge is 2.02. The molecule has 6 nitrogen and oxygen atoms in total. The van der Waals surface area contributed by atoms with Crippen molar-refractivity contribution < 1.29 is 4.63 Å². The lowest BCUT2D eigenvalue weighted by Crippen LogP contribution is -1.82. The Bertz CT molecular complexity index is 436. The van der Waals surface area contributed by atoms with Gasteiger partial charge in [0.15, 0.2) is 0 Å². The van der Waals surface area contributed by atoms with Crippen LogP contribution in [0.3, 0.4) is 0 Å². The van der Waals surface area contributed by atoms with Crippen molar-refractivity contribution in [3.63, 3.8) is 0 Å². The van der Waals surface area contributed by atoms with Crippen molar-refractivity contribution in [1.82, 2.24) is 10.3 Å². The Balaban J connectivity index is 2.20. The predicted molar refractivity (Wildman–Crippen MR) is 49.3 cm³/mol. The minimum Gasteiger partial charge on any atom is -0.378 e. The number of nitrogen functional groups attached to an aromatic ring is 1. The zero-order chi connectivity index (χ0) is 9.80. The molecule has 70 valence electrons. The van der Waals surface area contributed by atoms with E-state index in [0.717, 1.165) is 5.69 Å². The Morgan fingerprint density at radius 3 is 2.50 bits per heavy atom. The summed E-state index contributed by atoms with van der Waals surface area (Å²) in [6.45, 7) is 0. The van der Waals surface area contributed by atoms with Crippen LogP contribution in [0.2, 0.25) is 0 Å². The molecule has 0 aliphatic rings. The molecular formula is C8H7N5O. The third kappa shape index (κ3) is 1.74. The van der Waals surface area contributed by atoms with Gasteiger partial charge in [-0.25, -0.2) is 4.63 Å². The van der Waals surface area contributed by atoms with Crippen molar-refractivity contribution in [3.8, 4) is 0 Å². The molecule has 0 radical (unpaired) electrons. The summed E-state index contributed by atoms with van der Waals surface area (Å²) in [7, 11) is 0. The maximum atomic E-state index is 5.38. The van der Waals surface area contributed by atoms with Gasteiger partial charge in [-0.2, -0.15) is 0 Å². The Morgan fingerprint density at radius 2 is 1.86 bits per heavy atom. The summed E-state index contributed by atoms with van der Waals surface area (Å²) in [6.07, 6.45) is 0. The second-order valence-electron chi connectivity index (χ2n) is 2.51. The molecule has 0 bridgehead atoms. The smallest absolute Gasteiger partial charge is 0.261 e. The molecule has 2 rings (SSSR count). The topological polar surface area (TPSA) is 89.7 Å². The highest BCUT2D eigenvalue weighted by atomic mass is 16.6. The number of aromatic nitrogens is 2. The SMILES string of the molecule is Nc1nonc1N=Nc1ccccc1. The predicted octanol–water partition coefficient (Wildman–Crippen LogP) is 2.07. The van der Waals surface area contributed by atoms with Crippen molar-refractivity contribution in [2.75, 3.05) is 5.73 Å². The highest BCUT2D eigenvalue weighted by Crippen LogP contribution is 2.19. The summed E-state index contributed by atoms with van der Waals surface area (Å²) in [5.41, 5.74) is 6.10. The minimum absolute atomic E-state index is 0.129. The number of hydrogen-bond acceptors (Lipinski definition) is 6. The molecule has 0 unspecified atom stereocenters. The van der Waals surface area contributed by atoms with Gasteiger partial charge in [0.2, 0.25) is 5.82 Å². The molecule has 0 spiro atoms. The lowest BCUT2D eigenvalue weighted by Gasteiger charge is -1.87. The standard InChI is InChI=1S/C8H7N5O/c9-7-8(13-14-12-7)11-10-6-4-2-1-3-5-6/h1-5H,(H2,9,12). The molecule has 2 aromatic rings. The number of rotatable bonds is 2. The fourth-order valence-electron chi connectivity index (χ4n) is 0.860. The maximum Gasteiger partial charge on any atom is 0.261 e. The molecular weight excluding hydrogens is 182 g/mol. The van der Waals surface area contributed by atoms with E-state index in [1.165, 1.54) is 0 Å². The van der Waals surface area contributed by atoms with Crippen molar-refractivity contribution in [2.45, 2.75) is 0 Å². The van der Waals surface area contributed by atoms with Gasteiger partial charge in [-0.3, -0.25) is 0 Å². The molecule has 1 aromatic carbocycles. The third-order valence-electron chi connectivity index (χ3n) is 1.51. The Labute approximate surface area is 79.4 Å². The van der Waals surface area contributed by atoms with Gasteiger partial charge in [-0.15, -0.1) is 10.2 Å². The number of hydrogen-bond donors (Lipinski definition) is 1. The van der Waals surface area contributed by atoms with Crippen LogP contribution >= 0.6 is 0 Å². The summed E-state index contributed by atoms with van der Waals surface area (Å²) < 4.78 is 4.35. The van der Waals surface area contributed by atoms with E-state index in [1.54, 1.807) is 0 Å². The van der Waals surface area contributed by atoms with Crippen LogP contribution in [0.4, 0.5) is 17.3 Å². The monoisotopic (exact) mass is 189 g/mol. The van der Waals surface area contributed by atoms with Crippen molar-refractivity contribution >= 4 is 17.3 Å². The van der Waals surface area contributed by atoms with E-state index >= 15 is 0 Å². The number of anilines is 1. The van der Waals surface area contributed by atoms with Crippen molar-refractivity contribution in [1.29, 1.82) is 0 Å². The Kier molecular flexibility index (Phi) is 2.18. The molecule has 0 aliphatic heterocycles. The van der Waals surface area contributed by atoms with Gasteiger partial charge >= 0.3 is 0 Å². The quantitative estimate of drug-likeness (QED) is 0.732. The lowest BCUT2D eigenvalue weighted by atomic mass is 10.3. The van der Waals surface area contributed by atoms with Gasteiger partial charge in [0.1, 0.15) is 0 Å². The first-order valence-corrected chi connectivity index (χ1v) is 3.91. The summed E-state index contributed by atoms with van der Waals surface area (Å²) in [6, 6.07) is 9.24. The molecule has 0 fully saturated rings. The molecule has 1 aromatic heterocycles. The van der Waals surface area contributed by atoms with Gasteiger partial charge in [0.25, 0.3) is 5.82 Å². The largest absolute Gasteiger partial charge is 0.378 e.